The van der Waals surface area contributed by atoms with Crippen LogP contribution in [0.25, 0.3) is 0 Å². The summed E-state index contributed by atoms with van der Waals surface area (Å²) in [5.74, 6) is 1.20. The summed E-state index contributed by atoms with van der Waals surface area (Å²) in [5, 5.41) is -0.280. The van der Waals surface area contributed by atoms with Crippen LogP contribution in [0.3, 0.4) is 0 Å². The predicted octanol–water partition coefficient (Wildman–Crippen LogP) is 1.13. The van der Waals surface area contributed by atoms with Gasteiger partial charge in [-0.15, -0.1) is 0 Å². The molecule has 2 heterocycles. The second-order valence-corrected chi connectivity index (χ2v) is 9.67. The molecule has 0 radical (unpaired) electrons. The first-order chi connectivity index (χ1) is 11.5. The molecule has 2 saturated heterocycles. The highest BCUT2D eigenvalue weighted by atomic mass is 32.2. The van der Waals surface area contributed by atoms with Gasteiger partial charge < -0.3 is 10.5 Å². The van der Waals surface area contributed by atoms with E-state index < -0.39 is 9.84 Å². The van der Waals surface area contributed by atoms with Gasteiger partial charge in [0.25, 0.3) is 0 Å². The van der Waals surface area contributed by atoms with Crippen molar-refractivity contribution in [1.82, 2.24) is 4.90 Å². The van der Waals surface area contributed by atoms with Crippen molar-refractivity contribution in [3.05, 3.63) is 28.8 Å². The second kappa shape index (κ2) is 6.00. The minimum Gasteiger partial charge on any atom is -0.494 e. The number of aryl methyl sites for hydroxylation is 2. The van der Waals surface area contributed by atoms with Crippen LogP contribution >= 0.6 is 0 Å². The Morgan fingerprint density at radius 2 is 2.00 bits per heavy atom. The SMILES string of the molecule is CCOc1cc2c(cc1CN1C[C@H]3[C@H](N)CS(=O)(=O)[C@H]3C1)CCC2. The fourth-order valence-corrected chi connectivity index (χ4v) is 6.91. The van der Waals surface area contributed by atoms with Crippen molar-refractivity contribution in [2.24, 2.45) is 11.7 Å². The lowest BCUT2D eigenvalue weighted by molar-refractivity contribution is 0.291. The van der Waals surface area contributed by atoms with Crippen LogP contribution in [0.2, 0.25) is 0 Å². The molecule has 3 atom stereocenters. The van der Waals surface area contributed by atoms with Gasteiger partial charge in [-0.25, -0.2) is 8.42 Å². The molecule has 1 aromatic rings. The van der Waals surface area contributed by atoms with E-state index in [-0.39, 0.29) is 23.0 Å². The molecule has 0 amide bonds. The van der Waals surface area contributed by atoms with E-state index in [0.29, 0.717) is 13.2 Å². The number of hydrogen-bond acceptors (Lipinski definition) is 5. The Labute approximate surface area is 144 Å². The molecular weight excluding hydrogens is 324 g/mol. The van der Waals surface area contributed by atoms with Crippen LogP contribution < -0.4 is 10.5 Å². The molecule has 0 bridgehead atoms. The van der Waals surface area contributed by atoms with Gasteiger partial charge >= 0.3 is 0 Å². The average Bonchev–Trinajstić information content (AvgIpc) is 3.18. The zero-order chi connectivity index (χ0) is 16.9. The fourth-order valence-electron chi connectivity index (χ4n) is 4.62. The molecule has 4 rings (SSSR count). The highest BCUT2D eigenvalue weighted by Gasteiger charge is 2.50. The van der Waals surface area contributed by atoms with Gasteiger partial charge in [-0.2, -0.15) is 0 Å². The number of hydrogen-bond donors (Lipinski definition) is 1. The number of ether oxygens (including phenoxy) is 1. The van der Waals surface area contributed by atoms with Crippen molar-refractivity contribution < 1.29 is 13.2 Å². The van der Waals surface area contributed by atoms with E-state index in [9.17, 15) is 8.42 Å². The van der Waals surface area contributed by atoms with Gasteiger partial charge in [0, 0.05) is 37.2 Å². The zero-order valence-electron chi connectivity index (χ0n) is 14.2. The van der Waals surface area contributed by atoms with Crippen molar-refractivity contribution in [2.45, 2.75) is 44.0 Å². The third kappa shape index (κ3) is 2.74. The molecule has 2 N–H and O–H groups in total. The van der Waals surface area contributed by atoms with Crippen molar-refractivity contribution in [1.29, 1.82) is 0 Å². The second-order valence-electron chi connectivity index (χ2n) is 7.40. The molecule has 0 spiro atoms. The number of nitrogens with zero attached hydrogens (tertiary/aromatic N) is 1. The monoisotopic (exact) mass is 350 g/mol. The zero-order valence-corrected chi connectivity index (χ0v) is 15.0. The smallest absolute Gasteiger partial charge is 0.156 e. The minimum absolute atomic E-state index is 0.0833. The number of fused-ring (bicyclic) bond motifs is 2. The highest BCUT2D eigenvalue weighted by Crippen LogP contribution is 2.36. The summed E-state index contributed by atoms with van der Waals surface area (Å²) >= 11 is 0. The minimum atomic E-state index is -3.03. The summed E-state index contributed by atoms with van der Waals surface area (Å²) in [6.45, 7) is 4.77. The lowest BCUT2D eigenvalue weighted by Crippen LogP contribution is -2.33. The van der Waals surface area contributed by atoms with Crippen LogP contribution in [-0.2, 0) is 29.2 Å². The van der Waals surface area contributed by atoms with Gasteiger partial charge in [-0.1, -0.05) is 6.07 Å². The van der Waals surface area contributed by atoms with Gasteiger partial charge in [0.15, 0.2) is 9.84 Å². The topological polar surface area (TPSA) is 72.6 Å². The average molecular weight is 350 g/mol. The molecule has 0 saturated carbocycles. The van der Waals surface area contributed by atoms with Crippen LogP contribution in [0.15, 0.2) is 12.1 Å². The molecule has 3 aliphatic rings. The number of benzene rings is 1. The number of likely N-dealkylation sites (tertiary alicyclic amines) is 1. The van der Waals surface area contributed by atoms with E-state index in [0.717, 1.165) is 31.7 Å². The summed E-state index contributed by atoms with van der Waals surface area (Å²) < 4.78 is 30.3. The van der Waals surface area contributed by atoms with Crippen molar-refractivity contribution in [3.8, 4) is 5.75 Å². The standard InChI is InChI=1S/C18H26N2O3S/c1-2-23-17-7-13-5-3-4-12(13)6-14(17)8-20-9-15-16(19)11-24(21,22)18(15)10-20/h6-7,15-16,18H,2-5,8-11,19H2,1H3/t15-,16+,18-/m0/s1. The molecular formula is C18H26N2O3S. The normalized spacial score (nSPS) is 31.2. The van der Waals surface area contributed by atoms with Gasteiger partial charge in [0.2, 0.25) is 0 Å². The lowest BCUT2D eigenvalue weighted by Gasteiger charge is -2.21. The van der Waals surface area contributed by atoms with Crippen molar-refractivity contribution >= 4 is 9.84 Å². The summed E-state index contributed by atoms with van der Waals surface area (Å²) in [5.41, 5.74) is 10.1. The van der Waals surface area contributed by atoms with Crippen LogP contribution in [0.1, 0.15) is 30.0 Å². The van der Waals surface area contributed by atoms with E-state index in [2.05, 4.69) is 17.0 Å². The number of nitrogens with two attached hydrogens (primary N) is 1. The largest absolute Gasteiger partial charge is 0.494 e. The van der Waals surface area contributed by atoms with E-state index in [4.69, 9.17) is 10.5 Å². The van der Waals surface area contributed by atoms with E-state index in [1.807, 2.05) is 6.92 Å². The molecule has 0 unspecified atom stereocenters. The maximum absolute atomic E-state index is 12.2. The molecule has 132 valence electrons. The molecule has 6 heteroatoms. The van der Waals surface area contributed by atoms with Gasteiger partial charge in [-0.05, 0) is 43.4 Å². The van der Waals surface area contributed by atoms with Gasteiger partial charge in [0.1, 0.15) is 5.75 Å². The molecule has 2 fully saturated rings. The van der Waals surface area contributed by atoms with Crippen molar-refractivity contribution in [2.75, 3.05) is 25.4 Å². The molecule has 2 aliphatic heterocycles. The molecule has 0 aromatic heterocycles. The molecule has 24 heavy (non-hydrogen) atoms. The summed E-state index contributed by atoms with van der Waals surface area (Å²) in [4.78, 5) is 2.24. The lowest BCUT2D eigenvalue weighted by atomic mass is 10.0. The van der Waals surface area contributed by atoms with Crippen LogP contribution in [-0.4, -0.2) is 50.1 Å². The van der Waals surface area contributed by atoms with Crippen molar-refractivity contribution in [3.63, 3.8) is 0 Å². The number of sulfone groups is 1. The van der Waals surface area contributed by atoms with Crippen LogP contribution in [0, 0.1) is 5.92 Å². The Morgan fingerprint density at radius 1 is 1.25 bits per heavy atom. The maximum atomic E-state index is 12.2. The van der Waals surface area contributed by atoms with Crippen LogP contribution in [0.4, 0.5) is 0 Å². The Balaban J connectivity index is 1.56. The summed E-state index contributed by atoms with van der Waals surface area (Å²) in [6.07, 6.45) is 3.49. The first-order valence-electron chi connectivity index (χ1n) is 8.95. The maximum Gasteiger partial charge on any atom is 0.156 e. The first kappa shape index (κ1) is 16.4. The van der Waals surface area contributed by atoms with E-state index >= 15 is 0 Å². The van der Waals surface area contributed by atoms with Gasteiger partial charge in [-0.3, -0.25) is 4.90 Å². The molecule has 1 aliphatic carbocycles. The number of rotatable bonds is 4. The third-order valence-electron chi connectivity index (χ3n) is 5.79. The highest BCUT2D eigenvalue weighted by molar-refractivity contribution is 7.92. The van der Waals surface area contributed by atoms with E-state index in [1.165, 1.54) is 23.1 Å². The fraction of sp³-hybridized carbons (Fsp3) is 0.667. The quantitative estimate of drug-likeness (QED) is 0.881. The Morgan fingerprint density at radius 3 is 2.71 bits per heavy atom. The summed E-state index contributed by atoms with van der Waals surface area (Å²) in [7, 11) is -3.03. The summed E-state index contributed by atoms with van der Waals surface area (Å²) in [6, 6.07) is 4.26. The third-order valence-corrected chi connectivity index (χ3v) is 8.06. The Bertz CT molecular complexity index is 747. The Kier molecular flexibility index (Phi) is 4.09. The predicted molar refractivity (Wildman–Crippen MR) is 94.0 cm³/mol. The molecule has 5 nitrogen and oxygen atoms in total. The van der Waals surface area contributed by atoms with Gasteiger partial charge in [0.05, 0.1) is 17.6 Å². The van der Waals surface area contributed by atoms with E-state index in [1.54, 1.807) is 0 Å². The van der Waals surface area contributed by atoms with Crippen LogP contribution in [0.5, 0.6) is 5.75 Å². The first-order valence-corrected chi connectivity index (χ1v) is 10.7. The Hall–Kier alpha value is -1.11. The molecule has 1 aromatic carbocycles.